The number of epoxide rings is 1. The molecule has 2 aliphatic heterocycles. The van der Waals surface area contributed by atoms with E-state index in [0.29, 0.717) is 6.61 Å². The first-order valence-electron chi connectivity index (χ1n) is 4.44. The highest BCUT2D eigenvalue weighted by Gasteiger charge is 2.54. The molecular weight excluding hydrogens is 190 g/mol. The second-order valence-electron chi connectivity index (χ2n) is 3.34. The van der Waals surface area contributed by atoms with Crippen LogP contribution < -0.4 is 5.73 Å². The van der Waals surface area contributed by atoms with E-state index in [2.05, 4.69) is 4.74 Å². The van der Waals surface area contributed by atoms with E-state index < -0.39 is 6.09 Å². The zero-order valence-electron chi connectivity index (χ0n) is 7.84. The van der Waals surface area contributed by atoms with Crippen molar-refractivity contribution < 1.29 is 23.7 Å². The third-order valence-corrected chi connectivity index (χ3v) is 2.46. The zero-order chi connectivity index (χ0) is 10.1. The van der Waals surface area contributed by atoms with Crippen molar-refractivity contribution in [3.63, 3.8) is 0 Å². The number of carbonyl (C=O) groups excluding carboxylic acids is 1. The van der Waals surface area contributed by atoms with Crippen molar-refractivity contribution >= 4 is 6.09 Å². The van der Waals surface area contributed by atoms with Gasteiger partial charge in [-0.15, -0.1) is 0 Å². The van der Waals surface area contributed by atoms with Crippen LogP contribution in [0.15, 0.2) is 0 Å². The summed E-state index contributed by atoms with van der Waals surface area (Å²) in [6, 6.07) is 0. The van der Waals surface area contributed by atoms with E-state index in [1.165, 1.54) is 7.11 Å². The molecule has 0 spiro atoms. The molecule has 80 valence electrons. The highest BCUT2D eigenvalue weighted by Crippen LogP contribution is 2.36. The molecule has 0 saturated carbocycles. The molecule has 6 nitrogen and oxygen atoms in total. The van der Waals surface area contributed by atoms with Crippen LogP contribution in [0.25, 0.3) is 0 Å². The lowest BCUT2D eigenvalue weighted by Crippen LogP contribution is -2.37. The van der Waals surface area contributed by atoms with E-state index in [-0.39, 0.29) is 31.0 Å². The van der Waals surface area contributed by atoms with Gasteiger partial charge in [0.25, 0.3) is 0 Å². The molecule has 2 rings (SSSR count). The number of methoxy groups -OCH3 is 1. The fourth-order valence-electron chi connectivity index (χ4n) is 1.66. The summed E-state index contributed by atoms with van der Waals surface area (Å²) in [6.07, 6.45) is -0.967. The first-order chi connectivity index (χ1) is 6.72. The van der Waals surface area contributed by atoms with E-state index in [4.69, 9.17) is 19.9 Å². The Morgan fingerprint density at radius 2 is 2.50 bits per heavy atom. The molecule has 2 N–H and O–H groups in total. The van der Waals surface area contributed by atoms with Gasteiger partial charge in [-0.3, -0.25) is 0 Å². The van der Waals surface area contributed by atoms with E-state index in [1.807, 2.05) is 0 Å². The molecule has 4 atom stereocenters. The molecule has 0 bridgehead atoms. The monoisotopic (exact) mass is 203 g/mol. The average Bonchev–Trinajstić information content (AvgIpc) is 2.82. The summed E-state index contributed by atoms with van der Waals surface area (Å²) in [5.41, 5.74) is 4.85. The Kier molecular flexibility index (Phi) is 2.58. The number of amides is 1. The third-order valence-electron chi connectivity index (χ3n) is 2.46. The second-order valence-corrected chi connectivity index (χ2v) is 3.34. The lowest BCUT2D eigenvalue weighted by Gasteiger charge is -2.21. The summed E-state index contributed by atoms with van der Waals surface area (Å²) >= 11 is 0. The number of hydrogen-bond donors (Lipinski definition) is 1. The van der Waals surface area contributed by atoms with Crippen LogP contribution in [0.3, 0.4) is 0 Å². The maximum Gasteiger partial charge on any atom is 0.404 e. The van der Waals surface area contributed by atoms with Crippen LogP contribution in [-0.2, 0) is 18.9 Å². The Labute approximate surface area is 81.2 Å². The summed E-state index contributed by atoms with van der Waals surface area (Å²) in [5.74, 6) is 0. The van der Waals surface area contributed by atoms with Crippen LogP contribution in [0.4, 0.5) is 4.79 Å². The van der Waals surface area contributed by atoms with Crippen LogP contribution in [0, 0.1) is 0 Å². The summed E-state index contributed by atoms with van der Waals surface area (Å²) in [5, 5.41) is 0. The van der Waals surface area contributed by atoms with Crippen molar-refractivity contribution in [1.29, 1.82) is 0 Å². The van der Waals surface area contributed by atoms with Gasteiger partial charge in [0.2, 0.25) is 0 Å². The largest absolute Gasteiger partial charge is 0.447 e. The first kappa shape index (κ1) is 9.70. The molecule has 0 aromatic rings. The normalized spacial score (nSPS) is 36.2. The van der Waals surface area contributed by atoms with E-state index in [9.17, 15) is 4.79 Å². The molecule has 6 heteroatoms. The van der Waals surface area contributed by atoms with Gasteiger partial charge in [-0.25, -0.2) is 4.79 Å². The number of rotatable bonds is 4. The molecule has 2 heterocycles. The third kappa shape index (κ3) is 1.82. The van der Waals surface area contributed by atoms with E-state index in [0.717, 1.165) is 0 Å². The van der Waals surface area contributed by atoms with Gasteiger partial charge in [0, 0.05) is 7.11 Å². The zero-order valence-corrected chi connectivity index (χ0v) is 7.84. The van der Waals surface area contributed by atoms with Crippen molar-refractivity contribution in [1.82, 2.24) is 0 Å². The van der Waals surface area contributed by atoms with Crippen molar-refractivity contribution in [2.75, 3.05) is 20.3 Å². The lowest BCUT2D eigenvalue weighted by molar-refractivity contribution is -0.0833. The highest BCUT2D eigenvalue weighted by molar-refractivity contribution is 5.64. The van der Waals surface area contributed by atoms with Gasteiger partial charge < -0.3 is 24.7 Å². The van der Waals surface area contributed by atoms with Gasteiger partial charge in [0.15, 0.2) is 0 Å². The van der Waals surface area contributed by atoms with Crippen LogP contribution >= 0.6 is 0 Å². The van der Waals surface area contributed by atoms with Crippen molar-refractivity contribution in [2.45, 2.75) is 24.4 Å². The lowest BCUT2D eigenvalue weighted by atomic mass is 10.1. The van der Waals surface area contributed by atoms with Crippen LogP contribution in [0.2, 0.25) is 0 Å². The fraction of sp³-hybridized carbons (Fsp3) is 0.875. The molecule has 0 aromatic heterocycles. The number of carbonyl (C=O) groups is 1. The molecule has 0 aromatic carbocycles. The van der Waals surface area contributed by atoms with Crippen molar-refractivity contribution in [2.24, 2.45) is 5.73 Å². The predicted molar refractivity (Wildman–Crippen MR) is 44.7 cm³/mol. The molecule has 0 unspecified atom stereocenters. The van der Waals surface area contributed by atoms with Crippen LogP contribution in [0.5, 0.6) is 0 Å². The Hall–Kier alpha value is -0.850. The summed E-state index contributed by atoms with van der Waals surface area (Å²) in [4.78, 5) is 10.4. The molecule has 14 heavy (non-hydrogen) atoms. The minimum absolute atomic E-state index is 0.0939. The maximum atomic E-state index is 10.4. The molecule has 2 aliphatic rings. The molecule has 2 saturated heterocycles. The first-order valence-corrected chi connectivity index (χ1v) is 4.44. The molecule has 0 aliphatic carbocycles. The van der Waals surface area contributed by atoms with Gasteiger partial charge in [-0.1, -0.05) is 0 Å². The number of primary amides is 1. The molecule has 0 radical (unpaired) electrons. The minimum atomic E-state index is -0.807. The Morgan fingerprint density at radius 1 is 1.71 bits per heavy atom. The quantitative estimate of drug-likeness (QED) is 0.608. The Balaban J connectivity index is 1.82. The Morgan fingerprint density at radius 3 is 2.93 bits per heavy atom. The molecule has 2 fully saturated rings. The van der Waals surface area contributed by atoms with E-state index in [1.54, 1.807) is 0 Å². The van der Waals surface area contributed by atoms with Gasteiger partial charge in [-0.05, 0) is 0 Å². The standard InChI is InChI=1S/C8H13NO5/c1-11-4(2-13-8(9)10)6-7-5(14-7)3-12-6/h4-7H,2-3H2,1H3,(H2,9,10)/t4-,5+,6+,7-/m0/s1. The topological polar surface area (TPSA) is 83.3 Å². The maximum absolute atomic E-state index is 10.4. The van der Waals surface area contributed by atoms with Crippen molar-refractivity contribution in [3.05, 3.63) is 0 Å². The average molecular weight is 203 g/mol. The van der Waals surface area contributed by atoms with Gasteiger partial charge in [0.05, 0.1) is 6.61 Å². The fourth-order valence-corrected chi connectivity index (χ4v) is 1.66. The number of hydrogen-bond acceptors (Lipinski definition) is 5. The summed E-state index contributed by atoms with van der Waals surface area (Å²) in [7, 11) is 1.54. The predicted octanol–water partition coefficient (Wildman–Crippen LogP) is -0.737. The van der Waals surface area contributed by atoms with Gasteiger partial charge in [0.1, 0.15) is 31.0 Å². The van der Waals surface area contributed by atoms with Gasteiger partial charge in [-0.2, -0.15) is 0 Å². The Bertz CT molecular complexity index is 234. The highest BCUT2D eigenvalue weighted by atomic mass is 16.7. The molecule has 1 amide bonds. The smallest absolute Gasteiger partial charge is 0.404 e. The minimum Gasteiger partial charge on any atom is -0.447 e. The number of ether oxygens (including phenoxy) is 4. The van der Waals surface area contributed by atoms with E-state index >= 15 is 0 Å². The number of fused-ring (bicyclic) bond motifs is 1. The second kappa shape index (κ2) is 3.72. The number of nitrogens with two attached hydrogens (primary N) is 1. The molecular formula is C8H13NO5. The van der Waals surface area contributed by atoms with Crippen LogP contribution in [0.1, 0.15) is 0 Å². The van der Waals surface area contributed by atoms with Crippen molar-refractivity contribution in [3.8, 4) is 0 Å². The van der Waals surface area contributed by atoms with Crippen LogP contribution in [-0.4, -0.2) is 50.8 Å². The summed E-state index contributed by atoms with van der Waals surface area (Å²) < 4.78 is 20.5. The van der Waals surface area contributed by atoms with Gasteiger partial charge >= 0.3 is 6.09 Å². The summed E-state index contributed by atoms with van der Waals surface area (Å²) in [6.45, 7) is 0.689. The SMILES string of the molecule is CO[C@@H](COC(N)=O)[C@H]1OC[C@H]2O[C@H]12.